The maximum atomic E-state index is 12.1. The number of esters is 1. The Morgan fingerprint density at radius 1 is 1.07 bits per heavy atom. The van der Waals surface area contributed by atoms with Crippen molar-refractivity contribution in [2.45, 2.75) is 13.8 Å². The number of rotatable bonds is 8. The number of hydrogen-bond donors (Lipinski definition) is 0. The van der Waals surface area contributed by atoms with Crippen molar-refractivity contribution in [2.75, 3.05) is 26.4 Å². The molecule has 0 bridgehead atoms. The number of carbonyl (C=O) groups excluding carboxylic acids is 1. The van der Waals surface area contributed by atoms with Crippen molar-refractivity contribution in [2.24, 2.45) is 0 Å². The molecule has 0 aliphatic rings. The highest BCUT2D eigenvalue weighted by atomic mass is 16.6. The van der Waals surface area contributed by atoms with Crippen LogP contribution in [0.3, 0.4) is 0 Å². The van der Waals surface area contributed by atoms with Crippen molar-refractivity contribution in [3.8, 4) is 16.9 Å². The Morgan fingerprint density at radius 2 is 1.86 bits per heavy atom. The summed E-state index contributed by atoms with van der Waals surface area (Å²) < 4.78 is 21.1. The molecule has 0 saturated heterocycles. The molecule has 6 heteroatoms. The monoisotopic (exact) mass is 382 g/mol. The van der Waals surface area contributed by atoms with Gasteiger partial charge in [0.1, 0.15) is 17.9 Å². The van der Waals surface area contributed by atoms with Crippen molar-refractivity contribution in [1.82, 2.24) is 0 Å². The van der Waals surface area contributed by atoms with Gasteiger partial charge in [-0.1, -0.05) is 30.3 Å². The van der Waals surface area contributed by atoms with Gasteiger partial charge in [-0.05, 0) is 37.1 Å². The molecule has 28 heavy (non-hydrogen) atoms. The number of benzene rings is 2. The fourth-order valence-corrected chi connectivity index (χ4v) is 2.89. The molecule has 3 rings (SSSR count). The smallest absolute Gasteiger partial charge is 0.344 e. The quantitative estimate of drug-likeness (QED) is 0.336. The van der Waals surface area contributed by atoms with Crippen LogP contribution in [0.4, 0.5) is 0 Å². The first-order valence-corrected chi connectivity index (χ1v) is 9.09. The Bertz CT molecular complexity index is 1010. The van der Waals surface area contributed by atoms with Crippen LogP contribution in [0.5, 0.6) is 5.75 Å². The molecule has 0 fully saturated rings. The van der Waals surface area contributed by atoms with Crippen molar-refractivity contribution in [3.05, 3.63) is 64.5 Å². The molecule has 0 unspecified atom stereocenters. The summed E-state index contributed by atoms with van der Waals surface area (Å²) in [4.78, 5) is 23.9. The topological polar surface area (TPSA) is 75.0 Å². The Morgan fingerprint density at radius 3 is 2.61 bits per heavy atom. The molecule has 0 N–H and O–H groups in total. The van der Waals surface area contributed by atoms with E-state index in [-0.39, 0.29) is 13.2 Å². The lowest BCUT2D eigenvalue weighted by molar-refractivity contribution is -0.147. The van der Waals surface area contributed by atoms with Crippen LogP contribution in [0.1, 0.15) is 12.5 Å². The number of carbonyl (C=O) groups is 1. The predicted molar refractivity (Wildman–Crippen MR) is 106 cm³/mol. The van der Waals surface area contributed by atoms with E-state index >= 15 is 0 Å². The standard InChI is InChI=1S/C22H22O6/c1-3-25-11-12-26-21(24)14-27-19-10-9-17-18(16-7-5-4-6-8-16)13-20(23)28-22(17)15(19)2/h4-10,13H,3,11-12,14H2,1-2H3. The maximum Gasteiger partial charge on any atom is 0.344 e. The van der Waals surface area contributed by atoms with Gasteiger partial charge in [0, 0.05) is 23.6 Å². The fourth-order valence-electron chi connectivity index (χ4n) is 2.89. The third kappa shape index (κ3) is 4.58. The highest BCUT2D eigenvalue weighted by Crippen LogP contribution is 2.32. The minimum atomic E-state index is -0.487. The van der Waals surface area contributed by atoms with Crippen LogP contribution >= 0.6 is 0 Å². The summed E-state index contributed by atoms with van der Waals surface area (Å²) >= 11 is 0. The van der Waals surface area contributed by atoms with Gasteiger partial charge < -0.3 is 18.6 Å². The zero-order valence-electron chi connectivity index (χ0n) is 15.9. The molecule has 0 saturated carbocycles. The van der Waals surface area contributed by atoms with Crippen molar-refractivity contribution >= 4 is 16.9 Å². The number of hydrogen-bond acceptors (Lipinski definition) is 6. The molecular weight excluding hydrogens is 360 g/mol. The Hall–Kier alpha value is -3.12. The molecule has 146 valence electrons. The molecule has 0 aliphatic carbocycles. The second-order valence-corrected chi connectivity index (χ2v) is 6.12. The Balaban J connectivity index is 1.82. The summed E-state index contributed by atoms with van der Waals surface area (Å²) in [7, 11) is 0. The lowest BCUT2D eigenvalue weighted by atomic mass is 10.0. The number of aryl methyl sites for hydroxylation is 1. The molecule has 0 amide bonds. The second kappa shape index (κ2) is 9.19. The third-order valence-electron chi connectivity index (χ3n) is 4.24. The van der Waals surface area contributed by atoms with E-state index in [4.69, 9.17) is 18.6 Å². The highest BCUT2D eigenvalue weighted by molar-refractivity contribution is 5.95. The third-order valence-corrected chi connectivity index (χ3v) is 4.24. The summed E-state index contributed by atoms with van der Waals surface area (Å²) in [6, 6.07) is 14.7. The number of ether oxygens (including phenoxy) is 3. The minimum absolute atomic E-state index is 0.183. The molecule has 1 aromatic heterocycles. The van der Waals surface area contributed by atoms with E-state index in [0.29, 0.717) is 30.1 Å². The van der Waals surface area contributed by atoms with Gasteiger partial charge >= 0.3 is 11.6 Å². The molecule has 0 aliphatic heterocycles. The van der Waals surface area contributed by atoms with E-state index in [1.807, 2.05) is 43.3 Å². The molecule has 0 radical (unpaired) electrons. The first kappa shape index (κ1) is 19.6. The van der Waals surface area contributed by atoms with E-state index in [0.717, 1.165) is 16.5 Å². The predicted octanol–water partition coefficient (Wildman–Crippen LogP) is 3.73. The molecule has 0 spiro atoms. The fraction of sp³-hybridized carbons (Fsp3) is 0.273. The van der Waals surface area contributed by atoms with Gasteiger partial charge in [-0.25, -0.2) is 9.59 Å². The van der Waals surface area contributed by atoms with E-state index in [2.05, 4.69) is 0 Å². The zero-order valence-corrected chi connectivity index (χ0v) is 15.9. The van der Waals surface area contributed by atoms with E-state index in [1.54, 1.807) is 13.0 Å². The SMILES string of the molecule is CCOCCOC(=O)COc1ccc2c(-c3ccccc3)cc(=O)oc2c1C. The summed E-state index contributed by atoms with van der Waals surface area (Å²) in [5, 5.41) is 0.801. The van der Waals surface area contributed by atoms with Crippen molar-refractivity contribution < 1.29 is 23.4 Å². The molecule has 0 atom stereocenters. The lowest BCUT2D eigenvalue weighted by Crippen LogP contribution is -2.18. The highest BCUT2D eigenvalue weighted by Gasteiger charge is 2.14. The van der Waals surface area contributed by atoms with Crippen LogP contribution in [-0.2, 0) is 14.3 Å². The van der Waals surface area contributed by atoms with Crippen LogP contribution in [-0.4, -0.2) is 32.4 Å². The van der Waals surface area contributed by atoms with E-state index in [9.17, 15) is 9.59 Å². The van der Waals surface area contributed by atoms with Crippen LogP contribution in [0.25, 0.3) is 22.1 Å². The molecule has 2 aromatic carbocycles. The summed E-state index contributed by atoms with van der Waals surface area (Å²) in [6.45, 7) is 4.53. The van der Waals surface area contributed by atoms with Gasteiger partial charge in [0.25, 0.3) is 0 Å². The van der Waals surface area contributed by atoms with Crippen molar-refractivity contribution in [3.63, 3.8) is 0 Å². The van der Waals surface area contributed by atoms with Crippen LogP contribution in [0, 0.1) is 6.92 Å². The van der Waals surface area contributed by atoms with Gasteiger partial charge in [-0.15, -0.1) is 0 Å². The second-order valence-electron chi connectivity index (χ2n) is 6.12. The van der Waals surface area contributed by atoms with Gasteiger partial charge in [0.05, 0.1) is 6.61 Å². The van der Waals surface area contributed by atoms with Crippen molar-refractivity contribution in [1.29, 1.82) is 0 Å². The normalized spacial score (nSPS) is 10.8. The number of fused-ring (bicyclic) bond motifs is 1. The molecule has 6 nitrogen and oxygen atoms in total. The first-order valence-electron chi connectivity index (χ1n) is 9.09. The Kier molecular flexibility index (Phi) is 6.45. The molecular formula is C22H22O6. The minimum Gasteiger partial charge on any atom is -0.481 e. The summed E-state index contributed by atoms with van der Waals surface area (Å²) in [6.07, 6.45) is 0. The molecule has 3 aromatic rings. The first-order chi connectivity index (χ1) is 13.6. The maximum absolute atomic E-state index is 12.1. The van der Waals surface area contributed by atoms with Gasteiger partial charge in [0.15, 0.2) is 6.61 Å². The lowest BCUT2D eigenvalue weighted by Gasteiger charge is -2.12. The average Bonchev–Trinajstić information content (AvgIpc) is 2.71. The largest absolute Gasteiger partial charge is 0.481 e. The Labute approximate surface area is 162 Å². The summed E-state index contributed by atoms with van der Waals surface area (Å²) in [5.74, 6) is -0.0266. The van der Waals surface area contributed by atoms with E-state index < -0.39 is 11.6 Å². The van der Waals surface area contributed by atoms with Crippen LogP contribution in [0.15, 0.2) is 57.7 Å². The van der Waals surface area contributed by atoms with Gasteiger partial charge in [-0.3, -0.25) is 0 Å². The molecule has 1 heterocycles. The summed E-state index contributed by atoms with van der Waals surface area (Å²) in [5.41, 5.74) is 2.35. The van der Waals surface area contributed by atoms with E-state index in [1.165, 1.54) is 6.07 Å². The zero-order chi connectivity index (χ0) is 19.9. The van der Waals surface area contributed by atoms with Crippen LogP contribution in [0.2, 0.25) is 0 Å². The van der Waals surface area contributed by atoms with Gasteiger partial charge in [0.2, 0.25) is 0 Å². The average molecular weight is 382 g/mol. The van der Waals surface area contributed by atoms with Gasteiger partial charge in [-0.2, -0.15) is 0 Å². The van der Waals surface area contributed by atoms with Crippen LogP contribution < -0.4 is 10.4 Å².